The number of rotatable bonds is 5. The highest BCUT2D eigenvalue weighted by molar-refractivity contribution is 6.35. The molecule has 2 atom stereocenters. The number of anilines is 1. The van der Waals surface area contributed by atoms with Crippen LogP contribution < -0.4 is 11.1 Å². The van der Waals surface area contributed by atoms with Crippen molar-refractivity contribution >= 4 is 47.2 Å². The van der Waals surface area contributed by atoms with Crippen LogP contribution in [0.25, 0.3) is 0 Å². The molecular formula is C15H22Cl3N3O. The second-order valence-corrected chi connectivity index (χ2v) is 6.45. The molecule has 1 aliphatic heterocycles. The third-order valence-corrected chi connectivity index (χ3v) is 4.52. The number of hydrogen-bond acceptors (Lipinski definition) is 3. The predicted octanol–water partition coefficient (Wildman–Crippen LogP) is 3.41. The molecule has 1 aromatic carbocycles. The van der Waals surface area contributed by atoms with E-state index in [-0.39, 0.29) is 18.3 Å². The highest BCUT2D eigenvalue weighted by atomic mass is 35.5. The van der Waals surface area contributed by atoms with Gasteiger partial charge in [0.1, 0.15) is 0 Å². The van der Waals surface area contributed by atoms with Crippen LogP contribution >= 0.6 is 35.6 Å². The van der Waals surface area contributed by atoms with Gasteiger partial charge < -0.3 is 11.1 Å². The molecule has 1 aromatic rings. The van der Waals surface area contributed by atoms with Crippen molar-refractivity contribution in [2.45, 2.75) is 25.8 Å². The van der Waals surface area contributed by atoms with Crippen LogP contribution in [0.3, 0.4) is 0 Å². The number of carbonyl (C=O) groups is 1. The van der Waals surface area contributed by atoms with E-state index in [1.54, 1.807) is 18.2 Å². The summed E-state index contributed by atoms with van der Waals surface area (Å²) in [6.45, 7) is 4.61. The van der Waals surface area contributed by atoms with Gasteiger partial charge in [-0.3, -0.25) is 9.69 Å². The lowest BCUT2D eigenvalue weighted by Crippen LogP contribution is -2.31. The molecule has 1 fully saturated rings. The van der Waals surface area contributed by atoms with Gasteiger partial charge >= 0.3 is 0 Å². The van der Waals surface area contributed by atoms with Gasteiger partial charge in [0.2, 0.25) is 5.91 Å². The Morgan fingerprint density at radius 1 is 1.45 bits per heavy atom. The molecule has 0 aromatic heterocycles. The standard InChI is InChI=1S/C15H21Cl2N3O.ClH/c1-10-6-11(8-18)9-20(10)5-4-15(21)19-14-7-12(16)2-3-13(14)17;/h2-3,7,10-11H,4-6,8-9,18H2,1H3,(H,19,21);1H. The largest absolute Gasteiger partial charge is 0.330 e. The number of nitrogens with one attached hydrogen (secondary N) is 1. The molecular weight excluding hydrogens is 345 g/mol. The maximum atomic E-state index is 12.0. The van der Waals surface area contributed by atoms with Gasteiger partial charge in [0.05, 0.1) is 10.7 Å². The summed E-state index contributed by atoms with van der Waals surface area (Å²) in [5, 5.41) is 3.85. The van der Waals surface area contributed by atoms with E-state index in [9.17, 15) is 4.79 Å². The van der Waals surface area contributed by atoms with Crippen molar-refractivity contribution in [2.75, 3.05) is 25.0 Å². The fourth-order valence-corrected chi connectivity index (χ4v) is 3.09. The first kappa shape index (κ1) is 19.5. The Morgan fingerprint density at radius 3 is 2.82 bits per heavy atom. The Hall–Kier alpha value is -0.520. The predicted molar refractivity (Wildman–Crippen MR) is 95.2 cm³/mol. The van der Waals surface area contributed by atoms with Crippen LogP contribution in [0.1, 0.15) is 19.8 Å². The molecule has 2 rings (SSSR count). The third-order valence-electron chi connectivity index (χ3n) is 3.95. The van der Waals surface area contributed by atoms with E-state index in [0.29, 0.717) is 40.7 Å². The molecule has 1 amide bonds. The molecule has 1 saturated heterocycles. The summed E-state index contributed by atoms with van der Waals surface area (Å²) >= 11 is 11.9. The van der Waals surface area contributed by atoms with E-state index < -0.39 is 0 Å². The molecule has 22 heavy (non-hydrogen) atoms. The molecule has 3 N–H and O–H groups in total. The zero-order chi connectivity index (χ0) is 15.4. The first-order valence-corrected chi connectivity index (χ1v) is 7.94. The van der Waals surface area contributed by atoms with E-state index in [1.165, 1.54) is 0 Å². The topological polar surface area (TPSA) is 58.4 Å². The van der Waals surface area contributed by atoms with Crippen LogP contribution in [-0.2, 0) is 4.79 Å². The van der Waals surface area contributed by atoms with Gasteiger partial charge in [-0.2, -0.15) is 0 Å². The van der Waals surface area contributed by atoms with Crippen molar-refractivity contribution in [2.24, 2.45) is 11.7 Å². The molecule has 0 bridgehead atoms. The lowest BCUT2D eigenvalue weighted by atomic mass is 10.1. The molecule has 1 aliphatic rings. The van der Waals surface area contributed by atoms with E-state index in [1.807, 2.05) is 0 Å². The molecule has 1 heterocycles. The van der Waals surface area contributed by atoms with Gasteiger partial charge in [0.25, 0.3) is 0 Å². The summed E-state index contributed by atoms with van der Waals surface area (Å²) in [7, 11) is 0. The Morgan fingerprint density at radius 2 is 2.18 bits per heavy atom. The van der Waals surface area contributed by atoms with Crippen molar-refractivity contribution in [1.29, 1.82) is 0 Å². The fraction of sp³-hybridized carbons (Fsp3) is 0.533. The van der Waals surface area contributed by atoms with Gasteiger partial charge in [0.15, 0.2) is 0 Å². The lowest BCUT2D eigenvalue weighted by molar-refractivity contribution is -0.116. The first-order valence-electron chi connectivity index (χ1n) is 7.18. The zero-order valence-corrected chi connectivity index (χ0v) is 14.8. The zero-order valence-electron chi connectivity index (χ0n) is 12.5. The highest BCUT2D eigenvalue weighted by Crippen LogP contribution is 2.26. The minimum absolute atomic E-state index is 0. The maximum Gasteiger partial charge on any atom is 0.225 e. The minimum Gasteiger partial charge on any atom is -0.330 e. The van der Waals surface area contributed by atoms with E-state index >= 15 is 0 Å². The lowest BCUT2D eigenvalue weighted by Gasteiger charge is -2.20. The molecule has 0 radical (unpaired) electrons. The SMILES string of the molecule is CC1CC(CN)CN1CCC(=O)Nc1cc(Cl)ccc1Cl.Cl. The molecule has 0 saturated carbocycles. The monoisotopic (exact) mass is 365 g/mol. The normalized spacial score (nSPS) is 21.5. The number of hydrogen-bond donors (Lipinski definition) is 2. The molecule has 4 nitrogen and oxygen atoms in total. The number of likely N-dealkylation sites (tertiary alicyclic amines) is 1. The van der Waals surface area contributed by atoms with Crippen molar-refractivity contribution in [1.82, 2.24) is 4.90 Å². The van der Waals surface area contributed by atoms with Crippen LogP contribution in [0.4, 0.5) is 5.69 Å². The van der Waals surface area contributed by atoms with Crippen molar-refractivity contribution in [3.8, 4) is 0 Å². The van der Waals surface area contributed by atoms with Crippen LogP contribution in [0.2, 0.25) is 10.0 Å². The number of benzene rings is 1. The second-order valence-electron chi connectivity index (χ2n) is 5.60. The van der Waals surface area contributed by atoms with Gasteiger partial charge in [-0.05, 0) is 44.0 Å². The summed E-state index contributed by atoms with van der Waals surface area (Å²) in [4.78, 5) is 14.3. The molecule has 0 aliphatic carbocycles. The Kier molecular flexibility index (Phi) is 7.94. The number of nitrogens with two attached hydrogens (primary N) is 1. The van der Waals surface area contributed by atoms with Crippen molar-refractivity contribution in [3.05, 3.63) is 28.2 Å². The summed E-state index contributed by atoms with van der Waals surface area (Å²) in [6.07, 6.45) is 1.54. The summed E-state index contributed by atoms with van der Waals surface area (Å²) in [5.41, 5.74) is 6.27. The second kappa shape index (κ2) is 8.94. The minimum atomic E-state index is -0.0532. The Balaban J connectivity index is 0.00000242. The number of halogens is 3. The van der Waals surface area contributed by atoms with Gasteiger partial charge in [-0.1, -0.05) is 23.2 Å². The highest BCUT2D eigenvalue weighted by Gasteiger charge is 2.27. The van der Waals surface area contributed by atoms with Crippen LogP contribution in [-0.4, -0.2) is 36.5 Å². The van der Waals surface area contributed by atoms with Crippen LogP contribution in [0.15, 0.2) is 18.2 Å². The van der Waals surface area contributed by atoms with Gasteiger partial charge in [-0.25, -0.2) is 0 Å². The van der Waals surface area contributed by atoms with Crippen LogP contribution in [0.5, 0.6) is 0 Å². The van der Waals surface area contributed by atoms with Crippen molar-refractivity contribution in [3.63, 3.8) is 0 Å². The Labute approximate surface area is 147 Å². The molecule has 2 unspecified atom stereocenters. The fourth-order valence-electron chi connectivity index (χ4n) is 2.75. The smallest absolute Gasteiger partial charge is 0.225 e. The average Bonchev–Trinajstić information content (AvgIpc) is 2.81. The summed E-state index contributed by atoms with van der Waals surface area (Å²) in [6, 6.07) is 5.51. The Bertz CT molecular complexity index is 513. The van der Waals surface area contributed by atoms with E-state index in [0.717, 1.165) is 19.5 Å². The van der Waals surface area contributed by atoms with Crippen molar-refractivity contribution < 1.29 is 4.79 Å². The number of amides is 1. The van der Waals surface area contributed by atoms with E-state index in [4.69, 9.17) is 28.9 Å². The molecule has 7 heteroatoms. The first-order chi connectivity index (χ1) is 9.99. The molecule has 124 valence electrons. The maximum absolute atomic E-state index is 12.0. The van der Waals surface area contributed by atoms with Gasteiger partial charge in [0, 0.05) is 30.6 Å². The number of nitrogens with zero attached hydrogens (tertiary/aromatic N) is 1. The van der Waals surface area contributed by atoms with E-state index in [2.05, 4.69) is 17.1 Å². The number of carbonyl (C=O) groups excluding carboxylic acids is 1. The van der Waals surface area contributed by atoms with Gasteiger partial charge in [-0.15, -0.1) is 12.4 Å². The summed E-state index contributed by atoms with van der Waals surface area (Å²) in [5.74, 6) is 0.494. The third kappa shape index (κ3) is 5.28. The van der Waals surface area contributed by atoms with Crippen LogP contribution in [0, 0.1) is 5.92 Å². The molecule has 0 spiro atoms. The quantitative estimate of drug-likeness (QED) is 0.839. The average molecular weight is 367 g/mol. The summed E-state index contributed by atoms with van der Waals surface area (Å²) < 4.78 is 0.